The first kappa shape index (κ1) is 27.1. The minimum absolute atomic E-state index is 0.0870. The SMILES string of the molecule is CCOCC(OC)c1cccc(-c2csc(NC(=O)c3cc(F)c(/C=C(\C)C(=O)O)c(F)c3)n2)c1F. The van der Waals surface area contributed by atoms with Crippen molar-refractivity contribution in [3.8, 4) is 11.3 Å². The van der Waals surface area contributed by atoms with Crippen molar-refractivity contribution in [1.82, 2.24) is 4.98 Å². The molecule has 36 heavy (non-hydrogen) atoms. The predicted molar refractivity (Wildman–Crippen MR) is 129 cm³/mol. The first-order valence-electron chi connectivity index (χ1n) is 10.7. The summed E-state index contributed by atoms with van der Waals surface area (Å²) in [5, 5.41) is 13.0. The van der Waals surface area contributed by atoms with E-state index < -0.39 is 41.0 Å². The molecule has 1 aromatic heterocycles. The lowest BCUT2D eigenvalue weighted by molar-refractivity contribution is -0.132. The molecule has 2 N–H and O–H groups in total. The van der Waals surface area contributed by atoms with Crippen molar-refractivity contribution in [2.45, 2.75) is 20.0 Å². The van der Waals surface area contributed by atoms with Gasteiger partial charge >= 0.3 is 5.97 Å². The van der Waals surface area contributed by atoms with E-state index in [1.165, 1.54) is 25.5 Å². The van der Waals surface area contributed by atoms with Gasteiger partial charge in [-0.1, -0.05) is 12.1 Å². The van der Waals surface area contributed by atoms with Crippen LogP contribution in [0.2, 0.25) is 0 Å². The summed E-state index contributed by atoms with van der Waals surface area (Å²) in [4.78, 5) is 27.7. The van der Waals surface area contributed by atoms with Crippen LogP contribution in [0.15, 0.2) is 41.3 Å². The van der Waals surface area contributed by atoms with E-state index in [0.29, 0.717) is 12.2 Å². The van der Waals surface area contributed by atoms with Crippen molar-refractivity contribution < 1.29 is 37.3 Å². The van der Waals surface area contributed by atoms with Gasteiger partial charge in [0.1, 0.15) is 23.6 Å². The number of aliphatic carboxylic acids is 1. The number of carbonyl (C=O) groups excluding carboxylic acids is 1. The molecule has 0 saturated heterocycles. The Morgan fingerprint density at radius 3 is 2.53 bits per heavy atom. The summed E-state index contributed by atoms with van der Waals surface area (Å²) in [6.45, 7) is 3.63. The number of hydrogen-bond donors (Lipinski definition) is 2. The number of rotatable bonds is 10. The highest BCUT2D eigenvalue weighted by Gasteiger charge is 2.21. The molecule has 0 saturated carbocycles. The molecule has 0 bridgehead atoms. The maximum Gasteiger partial charge on any atom is 0.331 e. The van der Waals surface area contributed by atoms with Crippen molar-refractivity contribution >= 4 is 34.4 Å². The van der Waals surface area contributed by atoms with Crippen molar-refractivity contribution in [2.75, 3.05) is 25.6 Å². The Morgan fingerprint density at radius 2 is 1.92 bits per heavy atom. The van der Waals surface area contributed by atoms with Crippen molar-refractivity contribution in [3.05, 3.63) is 75.4 Å². The lowest BCUT2D eigenvalue weighted by atomic mass is 10.0. The Labute approximate surface area is 209 Å². The van der Waals surface area contributed by atoms with Gasteiger partial charge in [-0.15, -0.1) is 11.3 Å². The number of aromatic nitrogens is 1. The highest BCUT2D eigenvalue weighted by Crippen LogP contribution is 2.32. The average molecular weight is 521 g/mol. The van der Waals surface area contributed by atoms with E-state index in [-0.39, 0.29) is 34.1 Å². The molecule has 2 aromatic carbocycles. The van der Waals surface area contributed by atoms with E-state index in [2.05, 4.69) is 10.3 Å². The van der Waals surface area contributed by atoms with Crippen LogP contribution in [0.1, 0.15) is 41.4 Å². The molecular weight excluding hydrogens is 497 g/mol. The Morgan fingerprint density at radius 1 is 1.22 bits per heavy atom. The average Bonchev–Trinajstić information content (AvgIpc) is 3.30. The fourth-order valence-electron chi connectivity index (χ4n) is 3.26. The number of thiazole rings is 1. The van der Waals surface area contributed by atoms with Gasteiger partial charge in [-0.25, -0.2) is 22.9 Å². The molecule has 0 aliphatic heterocycles. The fraction of sp³-hybridized carbons (Fsp3) is 0.240. The summed E-state index contributed by atoms with van der Waals surface area (Å²) < 4.78 is 54.7. The summed E-state index contributed by atoms with van der Waals surface area (Å²) in [6, 6.07) is 6.35. The lowest BCUT2D eigenvalue weighted by Crippen LogP contribution is -2.13. The molecule has 11 heteroatoms. The molecular formula is C25H23F3N2O5S. The zero-order valence-corrected chi connectivity index (χ0v) is 20.4. The molecule has 0 fully saturated rings. The van der Waals surface area contributed by atoms with E-state index in [9.17, 15) is 18.4 Å². The van der Waals surface area contributed by atoms with Gasteiger partial charge in [0.05, 0.1) is 12.3 Å². The standard InChI is InChI=1S/C25H23F3N2O5S/c1-4-35-11-21(34-3)16-7-5-6-15(22(16)28)20-12-36-25(29-20)30-23(31)14-9-18(26)17(19(27)10-14)8-13(2)24(32)33/h5-10,12,21H,4,11H2,1-3H3,(H,32,33)(H,29,30,31)/b13-8+. The van der Waals surface area contributed by atoms with Crippen molar-refractivity contribution in [1.29, 1.82) is 0 Å². The number of amides is 1. The summed E-state index contributed by atoms with van der Waals surface area (Å²) in [5.41, 5.74) is -0.449. The van der Waals surface area contributed by atoms with Gasteiger partial charge < -0.3 is 14.6 Å². The van der Waals surface area contributed by atoms with Gasteiger partial charge in [-0.3, -0.25) is 10.1 Å². The number of ether oxygens (including phenoxy) is 2. The third kappa shape index (κ3) is 6.17. The van der Waals surface area contributed by atoms with Gasteiger partial charge in [-0.05, 0) is 38.1 Å². The van der Waals surface area contributed by atoms with E-state index in [1.807, 2.05) is 6.92 Å². The molecule has 1 atom stereocenters. The van der Waals surface area contributed by atoms with Crippen LogP contribution in [0, 0.1) is 17.5 Å². The van der Waals surface area contributed by atoms with Crippen LogP contribution in [0.4, 0.5) is 18.3 Å². The zero-order chi connectivity index (χ0) is 26.4. The molecule has 0 spiro atoms. The number of benzene rings is 2. The molecule has 1 amide bonds. The highest BCUT2D eigenvalue weighted by atomic mass is 32.1. The number of nitrogens with one attached hydrogen (secondary N) is 1. The third-order valence-electron chi connectivity index (χ3n) is 5.17. The molecule has 0 aliphatic carbocycles. The molecule has 3 rings (SSSR count). The van der Waals surface area contributed by atoms with Crippen LogP contribution in [0.5, 0.6) is 0 Å². The number of nitrogens with zero attached hydrogens (tertiary/aromatic N) is 1. The number of carbonyl (C=O) groups is 2. The lowest BCUT2D eigenvalue weighted by Gasteiger charge is -2.17. The fourth-order valence-corrected chi connectivity index (χ4v) is 3.97. The van der Waals surface area contributed by atoms with Crippen LogP contribution < -0.4 is 5.32 Å². The third-order valence-corrected chi connectivity index (χ3v) is 5.93. The van der Waals surface area contributed by atoms with Gasteiger partial charge in [0.15, 0.2) is 5.13 Å². The Kier molecular flexibility index (Phi) is 8.97. The van der Waals surface area contributed by atoms with Crippen LogP contribution in [-0.2, 0) is 14.3 Å². The maximum absolute atomic E-state index is 15.2. The number of carboxylic acid groups (broad SMARTS) is 1. The maximum atomic E-state index is 15.2. The van der Waals surface area contributed by atoms with Gasteiger partial charge in [0.2, 0.25) is 0 Å². The smallest absolute Gasteiger partial charge is 0.331 e. The Bertz CT molecular complexity index is 1290. The van der Waals surface area contributed by atoms with Gasteiger partial charge in [0.25, 0.3) is 5.91 Å². The van der Waals surface area contributed by atoms with Crippen LogP contribution >= 0.6 is 11.3 Å². The largest absolute Gasteiger partial charge is 0.478 e. The number of carboxylic acids is 1. The van der Waals surface area contributed by atoms with Crippen LogP contribution in [0.25, 0.3) is 17.3 Å². The summed E-state index contributed by atoms with van der Waals surface area (Å²) in [5.74, 6) is -4.91. The minimum atomic E-state index is -1.33. The van der Waals surface area contributed by atoms with E-state index in [1.54, 1.807) is 12.1 Å². The number of anilines is 1. The normalized spacial score (nSPS) is 12.4. The molecule has 190 valence electrons. The van der Waals surface area contributed by atoms with Gasteiger partial charge in [-0.2, -0.15) is 0 Å². The second-order valence-corrected chi connectivity index (χ2v) is 8.43. The quantitative estimate of drug-likeness (QED) is 0.333. The van der Waals surface area contributed by atoms with Crippen molar-refractivity contribution in [2.24, 2.45) is 0 Å². The molecule has 0 radical (unpaired) electrons. The first-order chi connectivity index (χ1) is 17.2. The number of methoxy groups -OCH3 is 1. The number of hydrogen-bond acceptors (Lipinski definition) is 6. The predicted octanol–water partition coefficient (Wildman–Crippen LogP) is 5.69. The van der Waals surface area contributed by atoms with E-state index >= 15 is 4.39 Å². The second-order valence-electron chi connectivity index (χ2n) is 7.57. The topological polar surface area (TPSA) is 97.8 Å². The van der Waals surface area contributed by atoms with E-state index in [4.69, 9.17) is 14.6 Å². The van der Waals surface area contributed by atoms with Gasteiger partial charge in [0, 0.05) is 46.9 Å². The van der Waals surface area contributed by atoms with Crippen molar-refractivity contribution in [3.63, 3.8) is 0 Å². The zero-order valence-electron chi connectivity index (χ0n) is 19.6. The van der Waals surface area contributed by atoms with Crippen LogP contribution in [-0.4, -0.2) is 42.3 Å². The molecule has 1 heterocycles. The molecule has 1 unspecified atom stereocenters. The Balaban J connectivity index is 1.82. The number of halogens is 3. The van der Waals surface area contributed by atoms with Crippen LogP contribution in [0.3, 0.4) is 0 Å². The second kappa shape index (κ2) is 11.9. The first-order valence-corrected chi connectivity index (χ1v) is 11.6. The summed E-state index contributed by atoms with van der Waals surface area (Å²) in [7, 11) is 1.45. The molecule has 7 nitrogen and oxygen atoms in total. The summed E-state index contributed by atoms with van der Waals surface area (Å²) >= 11 is 1.01. The molecule has 3 aromatic rings. The summed E-state index contributed by atoms with van der Waals surface area (Å²) in [6.07, 6.45) is 0.220. The highest BCUT2D eigenvalue weighted by molar-refractivity contribution is 7.14. The molecule has 0 aliphatic rings. The monoisotopic (exact) mass is 520 g/mol. The Hall–Kier alpha value is -3.54. The van der Waals surface area contributed by atoms with E-state index in [0.717, 1.165) is 29.5 Å². The minimum Gasteiger partial charge on any atom is -0.478 e.